The van der Waals surface area contributed by atoms with E-state index in [1.54, 1.807) is 7.11 Å². The number of piperidine rings is 1. The number of carbonyl (C=O) groups excluding carboxylic acids is 1. The summed E-state index contributed by atoms with van der Waals surface area (Å²) in [4.78, 5) is 20.5. The summed E-state index contributed by atoms with van der Waals surface area (Å²) < 4.78 is 5.20. The Hall–Kier alpha value is -2.36. The van der Waals surface area contributed by atoms with Gasteiger partial charge in [0, 0.05) is 10.4 Å². The molecular weight excluding hydrogens is 346 g/mol. The van der Waals surface area contributed by atoms with Crippen LogP contribution >= 0.6 is 11.3 Å². The highest BCUT2D eigenvalue weighted by atomic mass is 32.1. The number of likely N-dealkylation sites (tertiary alicyclic amines) is 1. The zero-order chi connectivity index (χ0) is 18.5. The van der Waals surface area contributed by atoms with Crippen LogP contribution in [0.2, 0.25) is 0 Å². The molecule has 2 heterocycles. The Morgan fingerprint density at radius 2 is 2.19 bits per heavy atom. The molecule has 1 saturated heterocycles. The zero-order valence-corrected chi connectivity index (χ0v) is 15.9. The number of aromatic nitrogens is 1. The molecule has 0 bridgehead atoms. The lowest BCUT2D eigenvalue weighted by molar-refractivity contribution is -0.122. The van der Waals surface area contributed by atoms with Crippen LogP contribution in [0.1, 0.15) is 24.1 Å². The molecular formula is C20H23N3O2S. The number of ether oxygens (including phenoxy) is 1. The largest absolute Gasteiger partial charge is 0.497 e. The third kappa shape index (κ3) is 4.06. The molecule has 1 amide bonds. The van der Waals surface area contributed by atoms with Gasteiger partial charge in [0.05, 0.1) is 25.4 Å². The van der Waals surface area contributed by atoms with Crippen molar-refractivity contribution >= 4 is 22.4 Å². The summed E-state index contributed by atoms with van der Waals surface area (Å²) in [6.45, 7) is 3.39. The zero-order valence-electron chi connectivity index (χ0n) is 15.1. The van der Waals surface area contributed by atoms with Crippen LogP contribution in [-0.2, 0) is 4.79 Å². The van der Waals surface area contributed by atoms with E-state index in [1.807, 2.05) is 31.2 Å². The highest BCUT2D eigenvalue weighted by Gasteiger charge is 2.28. The van der Waals surface area contributed by atoms with Crippen molar-refractivity contribution in [3.05, 3.63) is 29.1 Å². The molecule has 6 heteroatoms. The fourth-order valence-corrected chi connectivity index (χ4v) is 4.09. The molecule has 1 atom stereocenters. The van der Waals surface area contributed by atoms with Crippen molar-refractivity contribution in [2.75, 3.05) is 25.5 Å². The molecule has 0 aliphatic carbocycles. The molecule has 5 nitrogen and oxygen atoms in total. The lowest BCUT2D eigenvalue weighted by Crippen LogP contribution is -2.47. The smallest absolute Gasteiger partial charge is 0.243 e. The van der Waals surface area contributed by atoms with Gasteiger partial charge in [-0.1, -0.05) is 12.3 Å². The van der Waals surface area contributed by atoms with Gasteiger partial charge < -0.3 is 10.1 Å². The summed E-state index contributed by atoms with van der Waals surface area (Å²) in [6.07, 6.45) is 8.41. The second-order valence-corrected chi connectivity index (χ2v) is 7.53. The first kappa shape index (κ1) is 18.4. The fraction of sp³-hybridized carbons (Fsp3) is 0.400. The SMILES string of the molecule is C#CCN1CCCCC1C(=O)Nc1nc(-c2ccc(OC)cc2)c(C)s1. The molecule has 1 aromatic heterocycles. The van der Waals surface area contributed by atoms with Crippen molar-refractivity contribution < 1.29 is 9.53 Å². The first-order valence-electron chi connectivity index (χ1n) is 8.72. The van der Waals surface area contributed by atoms with Gasteiger partial charge in [-0.25, -0.2) is 4.98 Å². The number of hydrogen-bond donors (Lipinski definition) is 1. The van der Waals surface area contributed by atoms with Crippen molar-refractivity contribution in [2.24, 2.45) is 0 Å². The van der Waals surface area contributed by atoms with Gasteiger partial charge in [0.2, 0.25) is 5.91 Å². The van der Waals surface area contributed by atoms with Crippen LogP contribution in [0.15, 0.2) is 24.3 Å². The van der Waals surface area contributed by atoms with Crippen molar-refractivity contribution in [2.45, 2.75) is 32.2 Å². The third-order valence-corrected chi connectivity index (χ3v) is 5.49. The number of benzene rings is 1. The molecule has 0 saturated carbocycles. The molecule has 136 valence electrons. The lowest BCUT2D eigenvalue weighted by Gasteiger charge is -2.32. The number of carbonyl (C=O) groups is 1. The summed E-state index contributed by atoms with van der Waals surface area (Å²) >= 11 is 1.49. The van der Waals surface area contributed by atoms with Gasteiger partial charge in [0.1, 0.15) is 5.75 Å². The van der Waals surface area contributed by atoms with Gasteiger partial charge in [0.15, 0.2) is 5.13 Å². The minimum atomic E-state index is -0.173. The van der Waals surface area contributed by atoms with Crippen molar-refractivity contribution in [3.63, 3.8) is 0 Å². The number of terminal acetylenes is 1. The van der Waals surface area contributed by atoms with E-state index in [1.165, 1.54) is 11.3 Å². The number of nitrogens with zero attached hydrogens (tertiary/aromatic N) is 2. The maximum absolute atomic E-state index is 12.7. The van der Waals surface area contributed by atoms with Crippen molar-refractivity contribution in [1.29, 1.82) is 0 Å². The van der Waals surface area contributed by atoms with Gasteiger partial charge in [-0.15, -0.1) is 17.8 Å². The molecule has 1 unspecified atom stereocenters. The van der Waals surface area contributed by atoms with E-state index < -0.39 is 0 Å². The topological polar surface area (TPSA) is 54.5 Å². The number of nitrogens with one attached hydrogen (secondary N) is 1. The number of methoxy groups -OCH3 is 1. The van der Waals surface area contributed by atoms with E-state index in [-0.39, 0.29) is 11.9 Å². The van der Waals surface area contributed by atoms with Gasteiger partial charge in [-0.3, -0.25) is 9.69 Å². The van der Waals surface area contributed by atoms with Crippen LogP contribution in [0.3, 0.4) is 0 Å². The molecule has 1 fully saturated rings. The van der Waals surface area contributed by atoms with Crippen molar-refractivity contribution in [1.82, 2.24) is 9.88 Å². The molecule has 1 aliphatic rings. The van der Waals surface area contributed by atoms with Crippen LogP contribution in [0.5, 0.6) is 5.75 Å². The summed E-state index contributed by atoms with van der Waals surface area (Å²) in [5.74, 6) is 3.44. The molecule has 3 rings (SSSR count). The fourth-order valence-electron chi connectivity index (χ4n) is 3.25. The Bertz CT molecular complexity index is 807. The van der Waals surface area contributed by atoms with E-state index in [2.05, 4.69) is 21.1 Å². The van der Waals surface area contributed by atoms with E-state index >= 15 is 0 Å². The van der Waals surface area contributed by atoms with Crippen LogP contribution in [0.25, 0.3) is 11.3 Å². The minimum absolute atomic E-state index is 0.0185. The highest BCUT2D eigenvalue weighted by molar-refractivity contribution is 7.16. The van der Waals surface area contributed by atoms with Crippen molar-refractivity contribution in [3.8, 4) is 29.4 Å². The second kappa shape index (κ2) is 8.35. The normalized spacial score (nSPS) is 17.5. The Labute approximate surface area is 158 Å². The first-order valence-corrected chi connectivity index (χ1v) is 9.54. The lowest BCUT2D eigenvalue weighted by atomic mass is 10.0. The molecule has 26 heavy (non-hydrogen) atoms. The summed E-state index contributed by atoms with van der Waals surface area (Å²) in [6, 6.07) is 7.59. The monoisotopic (exact) mass is 369 g/mol. The van der Waals surface area contributed by atoms with Gasteiger partial charge in [-0.2, -0.15) is 0 Å². The molecule has 1 aliphatic heterocycles. The summed E-state index contributed by atoms with van der Waals surface area (Å²) in [5, 5.41) is 3.62. The van der Waals surface area contributed by atoms with Crippen LogP contribution in [0.4, 0.5) is 5.13 Å². The third-order valence-electron chi connectivity index (χ3n) is 4.60. The quantitative estimate of drug-likeness (QED) is 0.819. The van der Waals surface area contributed by atoms with Crippen LogP contribution in [-0.4, -0.2) is 42.0 Å². The second-order valence-electron chi connectivity index (χ2n) is 6.33. The van der Waals surface area contributed by atoms with Gasteiger partial charge in [-0.05, 0) is 50.6 Å². The van der Waals surface area contributed by atoms with E-state index in [0.29, 0.717) is 11.7 Å². The number of amides is 1. The minimum Gasteiger partial charge on any atom is -0.497 e. The summed E-state index contributed by atoms with van der Waals surface area (Å²) in [7, 11) is 1.64. The Morgan fingerprint density at radius 3 is 2.88 bits per heavy atom. The Kier molecular flexibility index (Phi) is 5.92. The first-order chi connectivity index (χ1) is 12.6. The number of rotatable bonds is 5. The predicted molar refractivity (Wildman–Crippen MR) is 106 cm³/mol. The average Bonchev–Trinajstić information content (AvgIpc) is 3.02. The number of anilines is 1. The Balaban J connectivity index is 1.74. The van der Waals surface area contributed by atoms with Gasteiger partial charge in [0.25, 0.3) is 0 Å². The standard InChI is InChI=1S/C20H23N3O2S/c1-4-12-23-13-6-5-7-17(23)19(24)22-20-21-18(14(2)26-20)15-8-10-16(25-3)11-9-15/h1,8-11,17H,5-7,12-13H2,2-3H3,(H,21,22,24). The van der Waals surface area contributed by atoms with Crippen LogP contribution < -0.4 is 10.1 Å². The molecule has 2 aromatic rings. The maximum atomic E-state index is 12.7. The molecule has 0 spiro atoms. The highest BCUT2D eigenvalue weighted by Crippen LogP contribution is 2.31. The number of aryl methyl sites for hydroxylation is 1. The van der Waals surface area contributed by atoms with E-state index in [4.69, 9.17) is 11.2 Å². The molecule has 1 N–H and O–H groups in total. The average molecular weight is 369 g/mol. The van der Waals surface area contributed by atoms with Gasteiger partial charge >= 0.3 is 0 Å². The molecule has 0 radical (unpaired) electrons. The van der Waals surface area contributed by atoms with E-state index in [9.17, 15) is 4.79 Å². The molecule has 1 aromatic carbocycles. The Morgan fingerprint density at radius 1 is 1.42 bits per heavy atom. The van der Waals surface area contributed by atoms with Crippen LogP contribution in [0, 0.1) is 19.3 Å². The summed E-state index contributed by atoms with van der Waals surface area (Å²) in [5.41, 5.74) is 1.89. The van der Waals surface area contributed by atoms with E-state index in [0.717, 1.165) is 47.7 Å². The number of thiazole rings is 1. The maximum Gasteiger partial charge on any atom is 0.243 e. The number of hydrogen-bond acceptors (Lipinski definition) is 5. The predicted octanol–water partition coefficient (Wildman–Crippen LogP) is 3.55.